The number of hydrazine groups is 1. The SMILES string of the molecule is C1CN2CCCN3C2N3C1. The fourth-order valence-corrected chi connectivity index (χ4v) is 2.31. The van der Waals surface area contributed by atoms with Gasteiger partial charge in [-0.2, -0.15) is 0 Å². The minimum atomic E-state index is 0.738. The summed E-state index contributed by atoms with van der Waals surface area (Å²) in [6, 6.07) is 0. The van der Waals surface area contributed by atoms with Gasteiger partial charge in [0, 0.05) is 26.2 Å². The van der Waals surface area contributed by atoms with Gasteiger partial charge in [-0.1, -0.05) is 0 Å². The van der Waals surface area contributed by atoms with Crippen molar-refractivity contribution in [2.45, 2.75) is 19.1 Å². The predicted octanol–water partition coefficient (Wildman–Crippen LogP) is -0.0880. The van der Waals surface area contributed by atoms with E-state index in [0.29, 0.717) is 0 Å². The highest BCUT2D eigenvalue weighted by atomic mass is 15.9. The second kappa shape index (κ2) is 1.72. The predicted molar refractivity (Wildman–Crippen MR) is 38.0 cm³/mol. The van der Waals surface area contributed by atoms with Crippen LogP contribution in [0.2, 0.25) is 0 Å². The van der Waals surface area contributed by atoms with E-state index in [0.717, 1.165) is 6.29 Å². The molecule has 0 aromatic rings. The van der Waals surface area contributed by atoms with E-state index in [-0.39, 0.29) is 0 Å². The molecule has 3 nitrogen and oxygen atoms in total. The van der Waals surface area contributed by atoms with E-state index in [2.05, 4.69) is 14.9 Å². The minimum absolute atomic E-state index is 0.738. The van der Waals surface area contributed by atoms with E-state index in [1.807, 2.05) is 0 Å². The quantitative estimate of drug-likeness (QED) is 0.434. The molecule has 0 aromatic heterocycles. The van der Waals surface area contributed by atoms with E-state index < -0.39 is 0 Å². The molecule has 0 bridgehead atoms. The number of rotatable bonds is 0. The molecule has 56 valence electrons. The molecule has 0 saturated carbocycles. The van der Waals surface area contributed by atoms with Crippen molar-refractivity contribution in [1.82, 2.24) is 14.9 Å². The van der Waals surface area contributed by atoms with Crippen molar-refractivity contribution in [2.24, 2.45) is 0 Å². The molecule has 3 saturated heterocycles. The Hall–Kier alpha value is -0.120. The molecule has 3 fully saturated rings. The van der Waals surface area contributed by atoms with Crippen LogP contribution >= 0.6 is 0 Å². The second-order valence-electron chi connectivity index (χ2n) is 3.42. The highest BCUT2D eigenvalue weighted by Gasteiger charge is 2.52. The Morgan fingerprint density at radius 2 is 1.40 bits per heavy atom. The summed E-state index contributed by atoms with van der Waals surface area (Å²) in [4.78, 5) is 2.59. The first-order chi connectivity index (χ1) is 4.97. The third kappa shape index (κ3) is 0.557. The summed E-state index contributed by atoms with van der Waals surface area (Å²) in [7, 11) is 0. The molecule has 3 aliphatic rings. The van der Waals surface area contributed by atoms with Crippen molar-refractivity contribution in [3.05, 3.63) is 0 Å². The molecule has 0 amide bonds. The fourth-order valence-electron chi connectivity index (χ4n) is 2.31. The van der Waals surface area contributed by atoms with Crippen LogP contribution in [0.15, 0.2) is 0 Å². The molecule has 3 heteroatoms. The number of nitrogens with zero attached hydrogens (tertiary/aromatic N) is 3. The molecular formula is C7H13N3. The van der Waals surface area contributed by atoms with Crippen LogP contribution in [-0.2, 0) is 0 Å². The first-order valence-corrected chi connectivity index (χ1v) is 4.24. The lowest BCUT2D eigenvalue weighted by molar-refractivity contribution is 0.161. The van der Waals surface area contributed by atoms with Crippen LogP contribution in [0.5, 0.6) is 0 Å². The summed E-state index contributed by atoms with van der Waals surface area (Å²) in [5.74, 6) is 0. The molecule has 3 rings (SSSR count). The van der Waals surface area contributed by atoms with Gasteiger partial charge in [0.05, 0.1) is 0 Å². The second-order valence-corrected chi connectivity index (χ2v) is 3.42. The van der Waals surface area contributed by atoms with Gasteiger partial charge in [0.15, 0.2) is 0 Å². The lowest BCUT2D eigenvalue weighted by atomic mass is 10.3. The maximum absolute atomic E-state index is 2.59. The summed E-state index contributed by atoms with van der Waals surface area (Å²) in [6.07, 6.45) is 3.47. The topological polar surface area (TPSA) is 9.26 Å². The van der Waals surface area contributed by atoms with Gasteiger partial charge in [0.1, 0.15) is 6.29 Å². The zero-order valence-electron chi connectivity index (χ0n) is 6.16. The van der Waals surface area contributed by atoms with E-state index in [1.165, 1.54) is 39.0 Å². The summed E-state index contributed by atoms with van der Waals surface area (Å²) in [6.45, 7) is 5.28. The summed E-state index contributed by atoms with van der Waals surface area (Å²) < 4.78 is 0. The summed E-state index contributed by atoms with van der Waals surface area (Å²) >= 11 is 0. The zero-order valence-corrected chi connectivity index (χ0v) is 6.16. The Kier molecular flexibility index (Phi) is 0.952. The van der Waals surface area contributed by atoms with Crippen LogP contribution in [0, 0.1) is 0 Å². The van der Waals surface area contributed by atoms with Gasteiger partial charge in [0.25, 0.3) is 0 Å². The Morgan fingerprint density at radius 3 is 1.90 bits per heavy atom. The Morgan fingerprint density at radius 1 is 0.800 bits per heavy atom. The normalized spacial score (nSPS) is 52.2. The molecule has 0 spiro atoms. The lowest BCUT2D eigenvalue weighted by Crippen LogP contribution is -2.39. The number of fused-ring (bicyclic) bond motifs is 1. The Balaban J connectivity index is 1.84. The third-order valence-corrected chi connectivity index (χ3v) is 2.80. The van der Waals surface area contributed by atoms with Gasteiger partial charge in [-0.3, -0.25) is 4.90 Å². The van der Waals surface area contributed by atoms with Crippen molar-refractivity contribution in [1.29, 1.82) is 0 Å². The summed E-state index contributed by atoms with van der Waals surface area (Å²) in [5.41, 5.74) is 0. The van der Waals surface area contributed by atoms with E-state index >= 15 is 0 Å². The lowest BCUT2D eigenvalue weighted by Gasteiger charge is -2.25. The number of hydrogen-bond donors (Lipinski definition) is 0. The van der Waals surface area contributed by atoms with E-state index in [1.54, 1.807) is 0 Å². The molecule has 2 atom stereocenters. The van der Waals surface area contributed by atoms with Crippen LogP contribution in [0.4, 0.5) is 0 Å². The molecular weight excluding hydrogens is 126 g/mol. The largest absolute Gasteiger partial charge is 0.273 e. The van der Waals surface area contributed by atoms with Crippen molar-refractivity contribution >= 4 is 0 Å². The molecule has 0 aliphatic carbocycles. The average Bonchev–Trinajstić information content (AvgIpc) is 2.68. The standard InChI is InChI=1S/C7H13N3/c1-3-8-4-2-6-10-7(8)9(10)5-1/h7H,1-6H2. The Labute approximate surface area is 61.2 Å². The van der Waals surface area contributed by atoms with Crippen LogP contribution < -0.4 is 0 Å². The zero-order chi connectivity index (χ0) is 6.55. The van der Waals surface area contributed by atoms with Crippen molar-refractivity contribution in [3.8, 4) is 0 Å². The average molecular weight is 139 g/mol. The first kappa shape index (κ1) is 5.52. The van der Waals surface area contributed by atoms with Gasteiger partial charge in [-0.25, -0.2) is 10.0 Å². The van der Waals surface area contributed by atoms with Gasteiger partial charge in [-0.15, -0.1) is 0 Å². The maximum atomic E-state index is 2.59. The molecule has 0 radical (unpaired) electrons. The molecule has 0 aromatic carbocycles. The van der Waals surface area contributed by atoms with Crippen LogP contribution in [0.3, 0.4) is 0 Å². The van der Waals surface area contributed by atoms with E-state index in [9.17, 15) is 0 Å². The molecule has 3 heterocycles. The van der Waals surface area contributed by atoms with Crippen molar-refractivity contribution in [3.63, 3.8) is 0 Å². The fraction of sp³-hybridized carbons (Fsp3) is 1.00. The smallest absolute Gasteiger partial charge is 0.145 e. The Bertz CT molecular complexity index is 143. The molecule has 10 heavy (non-hydrogen) atoms. The van der Waals surface area contributed by atoms with Gasteiger partial charge in [0.2, 0.25) is 0 Å². The molecule has 0 N–H and O–H groups in total. The third-order valence-electron chi connectivity index (χ3n) is 2.80. The van der Waals surface area contributed by atoms with Crippen LogP contribution in [0.1, 0.15) is 12.8 Å². The van der Waals surface area contributed by atoms with Crippen molar-refractivity contribution < 1.29 is 0 Å². The first-order valence-electron chi connectivity index (χ1n) is 4.24. The monoisotopic (exact) mass is 139 g/mol. The molecule has 3 aliphatic heterocycles. The van der Waals surface area contributed by atoms with Crippen molar-refractivity contribution in [2.75, 3.05) is 26.2 Å². The van der Waals surface area contributed by atoms with Gasteiger partial charge < -0.3 is 0 Å². The van der Waals surface area contributed by atoms with Gasteiger partial charge in [-0.05, 0) is 12.8 Å². The number of hydrogen-bond acceptors (Lipinski definition) is 3. The maximum Gasteiger partial charge on any atom is 0.145 e. The van der Waals surface area contributed by atoms with Crippen LogP contribution in [-0.4, -0.2) is 47.4 Å². The molecule has 2 unspecified atom stereocenters. The van der Waals surface area contributed by atoms with Gasteiger partial charge >= 0.3 is 0 Å². The van der Waals surface area contributed by atoms with E-state index in [4.69, 9.17) is 0 Å². The van der Waals surface area contributed by atoms with Crippen LogP contribution in [0.25, 0.3) is 0 Å². The minimum Gasteiger partial charge on any atom is -0.273 e. The summed E-state index contributed by atoms with van der Waals surface area (Å²) in [5, 5.41) is 4.99. The highest BCUT2D eigenvalue weighted by Crippen LogP contribution is 2.36. The highest BCUT2D eigenvalue weighted by molar-refractivity contribution is 4.91.